The Morgan fingerprint density at radius 1 is 1.29 bits per heavy atom. The molecule has 1 heterocycles. The van der Waals surface area contributed by atoms with E-state index in [0.717, 1.165) is 0 Å². The molecule has 136 valence electrons. The van der Waals surface area contributed by atoms with Gasteiger partial charge in [0.05, 0.1) is 17.8 Å². The van der Waals surface area contributed by atoms with Gasteiger partial charge in [-0.25, -0.2) is 4.98 Å². The van der Waals surface area contributed by atoms with Gasteiger partial charge in [-0.2, -0.15) is 26.3 Å². The van der Waals surface area contributed by atoms with Gasteiger partial charge in [0.1, 0.15) is 4.60 Å². The molecule has 0 aromatic carbocycles. The number of hydrogen-bond donors (Lipinski definition) is 3. The number of carbonyl (C=O) groups excluding carboxylic acids is 1. The Balaban J connectivity index is 3.10. The number of carbonyl (C=O) groups is 1. The zero-order chi connectivity index (χ0) is 18.9. The molecule has 0 aliphatic heterocycles. The summed E-state index contributed by atoms with van der Waals surface area (Å²) in [4.78, 5) is 15.3. The molecule has 0 fully saturated rings. The highest BCUT2D eigenvalue weighted by atomic mass is 79.9. The van der Waals surface area contributed by atoms with E-state index in [1.165, 1.54) is 7.05 Å². The predicted molar refractivity (Wildman–Crippen MR) is 75.5 cm³/mol. The molecule has 5 nitrogen and oxygen atoms in total. The molecule has 0 bridgehead atoms. The Morgan fingerprint density at radius 3 is 2.25 bits per heavy atom. The Labute approximate surface area is 140 Å². The first-order chi connectivity index (χ1) is 10.7. The van der Waals surface area contributed by atoms with E-state index in [2.05, 4.69) is 26.2 Å². The molecule has 1 atom stereocenters. The Kier molecular flexibility index (Phi) is 5.76. The van der Waals surface area contributed by atoms with Crippen molar-refractivity contribution in [2.75, 3.05) is 18.9 Å². The first kappa shape index (κ1) is 20.5. The zero-order valence-electron chi connectivity index (χ0n) is 12.2. The molecule has 0 radical (unpaired) electrons. The highest BCUT2D eigenvalue weighted by molar-refractivity contribution is 9.10. The van der Waals surface area contributed by atoms with E-state index in [1.54, 1.807) is 5.32 Å². The molecule has 1 amide bonds. The van der Waals surface area contributed by atoms with Crippen molar-refractivity contribution in [1.82, 2.24) is 10.3 Å². The van der Waals surface area contributed by atoms with Crippen molar-refractivity contribution in [3.63, 3.8) is 0 Å². The SMILES string of the molecule is CNc1cc(C(F)(F)F)c(Br)nc1C(=O)NCC(C)(O)C(F)(F)F. The average Bonchev–Trinajstić information content (AvgIpc) is 2.42. The Hall–Kier alpha value is -1.56. The number of nitrogens with one attached hydrogen (secondary N) is 2. The zero-order valence-corrected chi connectivity index (χ0v) is 13.8. The van der Waals surface area contributed by atoms with Gasteiger partial charge in [-0.1, -0.05) is 0 Å². The third-order valence-electron chi connectivity index (χ3n) is 2.97. The van der Waals surface area contributed by atoms with Crippen LogP contribution in [0.4, 0.5) is 32.0 Å². The minimum atomic E-state index is -5.00. The summed E-state index contributed by atoms with van der Waals surface area (Å²) in [6.07, 6.45) is -9.74. The van der Waals surface area contributed by atoms with Crippen LogP contribution >= 0.6 is 15.9 Å². The third kappa shape index (κ3) is 4.50. The van der Waals surface area contributed by atoms with Crippen LogP contribution in [0.1, 0.15) is 23.0 Å². The van der Waals surface area contributed by atoms with Crippen molar-refractivity contribution in [3.05, 3.63) is 21.9 Å². The second-order valence-electron chi connectivity index (χ2n) is 4.92. The number of hydrogen-bond acceptors (Lipinski definition) is 4. The van der Waals surface area contributed by atoms with Crippen molar-refractivity contribution in [1.29, 1.82) is 0 Å². The predicted octanol–water partition coefficient (Wildman–Crippen LogP) is 2.95. The lowest BCUT2D eigenvalue weighted by atomic mass is 10.1. The fraction of sp³-hybridized carbons (Fsp3) is 0.500. The average molecular weight is 424 g/mol. The van der Waals surface area contributed by atoms with Crippen LogP contribution in [-0.2, 0) is 6.18 Å². The fourth-order valence-corrected chi connectivity index (χ4v) is 2.01. The standard InChI is InChI=1S/C12H12BrF6N3O2/c1-10(24,12(17,18)19)4-21-9(23)7-6(20-2)3-5(8(13)22-7)11(14,15)16/h3,20,24H,4H2,1-2H3,(H,21,23). The van der Waals surface area contributed by atoms with Gasteiger partial charge >= 0.3 is 12.4 Å². The lowest BCUT2D eigenvalue weighted by Gasteiger charge is -2.26. The van der Waals surface area contributed by atoms with Gasteiger partial charge < -0.3 is 15.7 Å². The normalized spacial score (nSPS) is 14.9. The molecule has 12 heteroatoms. The second kappa shape index (κ2) is 6.75. The lowest BCUT2D eigenvalue weighted by molar-refractivity contribution is -0.249. The Bertz CT molecular complexity index is 630. The second-order valence-corrected chi connectivity index (χ2v) is 5.68. The fourth-order valence-electron chi connectivity index (χ4n) is 1.49. The number of anilines is 1. The van der Waals surface area contributed by atoms with Crippen LogP contribution in [0.5, 0.6) is 0 Å². The van der Waals surface area contributed by atoms with Crippen molar-refractivity contribution in [2.45, 2.75) is 24.9 Å². The van der Waals surface area contributed by atoms with Crippen molar-refractivity contribution < 1.29 is 36.2 Å². The van der Waals surface area contributed by atoms with E-state index in [0.29, 0.717) is 13.0 Å². The smallest absolute Gasteiger partial charge is 0.386 e. The van der Waals surface area contributed by atoms with Crippen LogP contribution in [0.2, 0.25) is 0 Å². The van der Waals surface area contributed by atoms with Crippen LogP contribution < -0.4 is 10.6 Å². The van der Waals surface area contributed by atoms with Crippen LogP contribution in [0.3, 0.4) is 0 Å². The van der Waals surface area contributed by atoms with E-state index >= 15 is 0 Å². The van der Waals surface area contributed by atoms with E-state index in [1.807, 2.05) is 0 Å². The van der Waals surface area contributed by atoms with E-state index in [-0.39, 0.29) is 5.69 Å². The number of nitrogens with zero attached hydrogens (tertiary/aromatic N) is 1. The highest BCUT2D eigenvalue weighted by Crippen LogP contribution is 2.36. The summed E-state index contributed by atoms with van der Waals surface area (Å²) in [5.41, 5.74) is -5.26. The summed E-state index contributed by atoms with van der Waals surface area (Å²) in [6, 6.07) is 0.591. The van der Waals surface area contributed by atoms with Gasteiger partial charge in [-0.15, -0.1) is 0 Å². The molecule has 0 aliphatic rings. The number of alkyl halides is 6. The van der Waals surface area contributed by atoms with Gasteiger partial charge in [0.2, 0.25) is 0 Å². The number of aromatic nitrogens is 1. The first-order valence-corrected chi connectivity index (χ1v) is 7.03. The van der Waals surface area contributed by atoms with Crippen LogP contribution in [-0.4, -0.2) is 41.4 Å². The summed E-state index contributed by atoms with van der Waals surface area (Å²) in [7, 11) is 1.22. The maximum atomic E-state index is 12.8. The van der Waals surface area contributed by atoms with E-state index < -0.39 is 46.3 Å². The number of aliphatic hydroxyl groups is 1. The van der Waals surface area contributed by atoms with Gasteiger partial charge in [0, 0.05) is 7.05 Å². The molecule has 1 unspecified atom stereocenters. The summed E-state index contributed by atoms with van der Waals surface area (Å²) in [5.74, 6) is -1.18. The topological polar surface area (TPSA) is 74.2 Å². The molecule has 24 heavy (non-hydrogen) atoms. The molecule has 3 N–H and O–H groups in total. The monoisotopic (exact) mass is 423 g/mol. The molecular weight excluding hydrogens is 412 g/mol. The maximum Gasteiger partial charge on any atom is 0.419 e. The molecular formula is C12H12BrF6N3O2. The number of amides is 1. The van der Waals surface area contributed by atoms with Crippen molar-refractivity contribution in [2.24, 2.45) is 0 Å². The quantitative estimate of drug-likeness (QED) is 0.514. The maximum absolute atomic E-state index is 12.8. The molecule has 1 aromatic rings. The molecule has 1 rings (SSSR count). The van der Waals surface area contributed by atoms with E-state index in [4.69, 9.17) is 0 Å². The van der Waals surface area contributed by atoms with Gasteiger partial charge in [-0.3, -0.25) is 4.79 Å². The minimum Gasteiger partial charge on any atom is -0.386 e. The molecule has 0 saturated heterocycles. The largest absolute Gasteiger partial charge is 0.419 e. The Morgan fingerprint density at radius 2 is 1.83 bits per heavy atom. The van der Waals surface area contributed by atoms with Crippen LogP contribution in [0.25, 0.3) is 0 Å². The van der Waals surface area contributed by atoms with Crippen LogP contribution in [0.15, 0.2) is 10.7 Å². The molecule has 0 spiro atoms. The number of rotatable bonds is 4. The minimum absolute atomic E-state index is 0.338. The van der Waals surface area contributed by atoms with E-state index in [9.17, 15) is 36.2 Å². The first-order valence-electron chi connectivity index (χ1n) is 6.23. The molecule has 1 aromatic heterocycles. The lowest BCUT2D eigenvalue weighted by Crippen LogP contribution is -2.51. The highest BCUT2D eigenvalue weighted by Gasteiger charge is 2.50. The van der Waals surface area contributed by atoms with Crippen molar-refractivity contribution >= 4 is 27.5 Å². The van der Waals surface area contributed by atoms with Gasteiger partial charge in [0.25, 0.3) is 5.91 Å². The molecule has 0 saturated carbocycles. The van der Waals surface area contributed by atoms with Gasteiger partial charge in [-0.05, 0) is 28.9 Å². The summed E-state index contributed by atoms with van der Waals surface area (Å²) < 4.78 is 75.2. The number of pyridine rings is 1. The summed E-state index contributed by atoms with van der Waals surface area (Å²) in [6.45, 7) is -0.749. The van der Waals surface area contributed by atoms with Crippen molar-refractivity contribution in [3.8, 4) is 0 Å². The summed E-state index contributed by atoms with van der Waals surface area (Å²) in [5, 5.41) is 13.4. The van der Waals surface area contributed by atoms with Crippen LogP contribution in [0, 0.1) is 0 Å². The molecule has 0 aliphatic carbocycles. The third-order valence-corrected chi connectivity index (χ3v) is 3.57. The summed E-state index contributed by atoms with van der Waals surface area (Å²) >= 11 is 2.57. The number of halogens is 7. The van der Waals surface area contributed by atoms with Gasteiger partial charge in [0.15, 0.2) is 11.3 Å².